The molecule has 0 bridgehead atoms. The Morgan fingerprint density at radius 1 is 1.35 bits per heavy atom. The van der Waals surface area contributed by atoms with Crippen LogP contribution in [-0.2, 0) is 6.42 Å². The molecule has 0 radical (unpaired) electrons. The van der Waals surface area contributed by atoms with E-state index in [9.17, 15) is 4.79 Å². The van der Waals surface area contributed by atoms with Gasteiger partial charge in [-0.15, -0.1) is 0 Å². The maximum atomic E-state index is 12.1. The van der Waals surface area contributed by atoms with E-state index in [4.69, 9.17) is 10.2 Å². The van der Waals surface area contributed by atoms with Gasteiger partial charge in [0.1, 0.15) is 6.26 Å². The van der Waals surface area contributed by atoms with Gasteiger partial charge in [-0.3, -0.25) is 4.79 Å². The van der Waals surface area contributed by atoms with Crippen molar-refractivity contribution in [2.45, 2.75) is 39.2 Å². The predicted molar refractivity (Wildman–Crippen MR) is 90.0 cm³/mol. The smallest absolute Gasteiger partial charge is 0.273 e. The van der Waals surface area contributed by atoms with Gasteiger partial charge in [0, 0.05) is 6.54 Å². The molecule has 0 aliphatic rings. The molecule has 0 aliphatic heterocycles. The SMILES string of the molecule is CCC(C)C(N)c1nc(C(=O)NCCCc2ccccc2)co1. The number of oxazole rings is 1. The van der Waals surface area contributed by atoms with Crippen molar-refractivity contribution in [3.05, 3.63) is 53.7 Å². The van der Waals surface area contributed by atoms with E-state index in [1.54, 1.807) is 0 Å². The van der Waals surface area contributed by atoms with Gasteiger partial charge in [-0.1, -0.05) is 50.6 Å². The van der Waals surface area contributed by atoms with Gasteiger partial charge in [0.05, 0.1) is 6.04 Å². The van der Waals surface area contributed by atoms with Gasteiger partial charge >= 0.3 is 0 Å². The molecule has 3 N–H and O–H groups in total. The molecule has 23 heavy (non-hydrogen) atoms. The third kappa shape index (κ3) is 4.93. The first-order valence-corrected chi connectivity index (χ1v) is 8.15. The van der Waals surface area contributed by atoms with Crippen LogP contribution >= 0.6 is 0 Å². The van der Waals surface area contributed by atoms with Crippen molar-refractivity contribution in [3.63, 3.8) is 0 Å². The van der Waals surface area contributed by atoms with Gasteiger partial charge in [0.2, 0.25) is 5.89 Å². The fraction of sp³-hybridized carbons (Fsp3) is 0.444. The number of nitrogens with two attached hydrogens (primary N) is 1. The number of carbonyl (C=O) groups excluding carboxylic acids is 1. The first kappa shape index (κ1) is 17.2. The van der Waals surface area contributed by atoms with Crippen molar-refractivity contribution in [3.8, 4) is 0 Å². The van der Waals surface area contributed by atoms with E-state index in [2.05, 4.69) is 29.4 Å². The summed E-state index contributed by atoms with van der Waals surface area (Å²) in [5.74, 6) is 0.466. The zero-order valence-electron chi connectivity index (χ0n) is 13.8. The average molecular weight is 315 g/mol. The summed E-state index contributed by atoms with van der Waals surface area (Å²) in [6.45, 7) is 4.71. The normalized spacial score (nSPS) is 13.5. The number of hydrogen-bond donors (Lipinski definition) is 2. The zero-order valence-corrected chi connectivity index (χ0v) is 13.8. The summed E-state index contributed by atoms with van der Waals surface area (Å²) in [6.07, 6.45) is 4.13. The van der Waals surface area contributed by atoms with Crippen LogP contribution in [0.25, 0.3) is 0 Å². The van der Waals surface area contributed by atoms with Crippen molar-refractivity contribution < 1.29 is 9.21 Å². The van der Waals surface area contributed by atoms with Crippen LogP contribution < -0.4 is 11.1 Å². The fourth-order valence-electron chi connectivity index (χ4n) is 2.27. The van der Waals surface area contributed by atoms with Crippen molar-refractivity contribution >= 4 is 5.91 Å². The van der Waals surface area contributed by atoms with Gasteiger partial charge in [-0.05, 0) is 24.3 Å². The largest absolute Gasteiger partial charge is 0.446 e. The third-order valence-corrected chi connectivity index (χ3v) is 4.07. The van der Waals surface area contributed by atoms with Crippen molar-refractivity contribution in [2.75, 3.05) is 6.54 Å². The van der Waals surface area contributed by atoms with E-state index >= 15 is 0 Å². The Labute approximate surface area is 137 Å². The molecule has 1 amide bonds. The number of nitrogens with one attached hydrogen (secondary N) is 1. The fourth-order valence-corrected chi connectivity index (χ4v) is 2.27. The average Bonchev–Trinajstić information content (AvgIpc) is 3.08. The number of aromatic nitrogens is 1. The van der Waals surface area contributed by atoms with E-state index in [1.807, 2.05) is 25.1 Å². The lowest BCUT2D eigenvalue weighted by molar-refractivity contribution is 0.0948. The number of carbonyl (C=O) groups is 1. The lowest BCUT2D eigenvalue weighted by Crippen LogP contribution is -2.25. The number of aryl methyl sites for hydroxylation is 1. The highest BCUT2D eigenvalue weighted by atomic mass is 16.3. The van der Waals surface area contributed by atoms with Crippen LogP contribution in [0.5, 0.6) is 0 Å². The Morgan fingerprint density at radius 2 is 2.09 bits per heavy atom. The second kappa shape index (κ2) is 8.48. The van der Waals surface area contributed by atoms with Crippen LogP contribution in [-0.4, -0.2) is 17.4 Å². The molecule has 0 fully saturated rings. The summed E-state index contributed by atoms with van der Waals surface area (Å²) < 4.78 is 5.35. The first-order chi connectivity index (χ1) is 11.1. The van der Waals surface area contributed by atoms with Crippen molar-refractivity contribution in [2.24, 2.45) is 11.7 Å². The quantitative estimate of drug-likeness (QED) is 0.734. The molecule has 0 aliphatic carbocycles. The monoisotopic (exact) mass is 315 g/mol. The Bertz CT molecular complexity index is 610. The second-order valence-corrected chi connectivity index (χ2v) is 5.83. The topological polar surface area (TPSA) is 81.1 Å². The third-order valence-electron chi connectivity index (χ3n) is 4.07. The maximum Gasteiger partial charge on any atom is 0.273 e. The summed E-state index contributed by atoms with van der Waals surface area (Å²) in [5, 5.41) is 2.86. The zero-order chi connectivity index (χ0) is 16.7. The molecule has 0 saturated heterocycles. The Kier molecular flexibility index (Phi) is 6.35. The molecule has 0 spiro atoms. The minimum Gasteiger partial charge on any atom is -0.446 e. The van der Waals surface area contributed by atoms with E-state index in [0.717, 1.165) is 19.3 Å². The van der Waals surface area contributed by atoms with E-state index in [1.165, 1.54) is 11.8 Å². The summed E-state index contributed by atoms with van der Waals surface area (Å²) in [7, 11) is 0. The molecule has 2 atom stereocenters. The van der Waals surface area contributed by atoms with Crippen LogP contribution in [0, 0.1) is 5.92 Å². The van der Waals surface area contributed by atoms with Crippen LogP contribution in [0.2, 0.25) is 0 Å². The molecule has 1 aromatic carbocycles. The Balaban J connectivity index is 1.79. The molecule has 2 aromatic rings. The number of rotatable bonds is 8. The van der Waals surface area contributed by atoms with E-state index in [-0.39, 0.29) is 17.9 Å². The van der Waals surface area contributed by atoms with Crippen LogP contribution in [0.4, 0.5) is 0 Å². The van der Waals surface area contributed by atoms with Gasteiger partial charge in [0.25, 0.3) is 5.91 Å². The van der Waals surface area contributed by atoms with Crippen molar-refractivity contribution in [1.82, 2.24) is 10.3 Å². The maximum absolute atomic E-state index is 12.1. The molecule has 2 rings (SSSR count). The molecule has 2 unspecified atom stereocenters. The highest BCUT2D eigenvalue weighted by molar-refractivity contribution is 5.91. The van der Waals surface area contributed by atoms with Gasteiger partial charge < -0.3 is 15.5 Å². The molecule has 1 aromatic heterocycles. The Hall–Kier alpha value is -2.14. The van der Waals surface area contributed by atoms with Gasteiger partial charge in [-0.2, -0.15) is 0 Å². The molecule has 0 saturated carbocycles. The van der Waals surface area contributed by atoms with Crippen molar-refractivity contribution in [1.29, 1.82) is 0 Å². The lowest BCUT2D eigenvalue weighted by Gasteiger charge is -2.13. The molecular weight excluding hydrogens is 290 g/mol. The van der Waals surface area contributed by atoms with Crippen LogP contribution in [0.1, 0.15) is 54.7 Å². The predicted octanol–water partition coefficient (Wildman–Crippen LogP) is 3.08. The summed E-state index contributed by atoms with van der Waals surface area (Å²) in [4.78, 5) is 16.3. The summed E-state index contributed by atoms with van der Waals surface area (Å²) >= 11 is 0. The second-order valence-electron chi connectivity index (χ2n) is 5.83. The molecule has 124 valence electrons. The highest BCUT2D eigenvalue weighted by Gasteiger charge is 2.20. The minimum atomic E-state index is -0.278. The van der Waals surface area contributed by atoms with Gasteiger partial charge in [-0.25, -0.2) is 4.98 Å². The molecule has 5 nitrogen and oxygen atoms in total. The van der Waals surface area contributed by atoms with E-state index < -0.39 is 0 Å². The van der Waals surface area contributed by atoms with E-state index in [0.29, 0.717) is 18.1 Å². The summed E-state index contributed by atoms with van der Waals surface area (Å²) in [6, 6.07) is 9.93. The van der Waals surface area contributed by atoms with Gasteiger partial charge in [0.15, 0.2) is 5.69 Å². The minimum absolute atomic E-state index is 0.218. The number of amides is 1. The molecular formula is C18H25N3O2. The lowest BCUT2D eigenvalue weighted by atomic mass is 10.0. The first-order valence-electron chi connectivity index (χ1n) is 8.15. The number of hydrogen-bond acceptors (Lipinski definition) is 4. The number of benzene rings is 1. The highest BCUT2D eigenvalue weighted by Crippen LogP contribution is 2.21. The Morgan fingerprint density at radius 3 is 2.78 bits per heavy atom. The molecule has 1 heterocycles. The van der Waals surface area contributed by atoms with Crippen LogP contribution in [0.15, 0.2) is 41.0 Å². The standard InChI is InChI=1S/C18H25N3O2/c1-3-13(2)16(19)18-21-15(12-23-18)17(22)20-11-7-10-14-8-5-4-6-9-14/h4-6,8-9,12-13,16H,3,7,10-11,19H2,1-2H3,(H,20,22). The number of nitrogens with zero attached hydrogens (tertiary/aromatic N) is 1. The van der Waals surface area contributed by atoms with Crippen LogP contribution in [0.3, 0.4) is 0 Å². The molecule has 5 heteroatoms. The summed E-state index contributed by atoms with van der Waals surface area (Å²) in [5.41, 5.74) is 7.62.